The minimum Gasteiger partial charge on any atom is -0.480 e. The topological polar surface area (TPSA) is 205 Å². The van der Waals surface area contributed by atoms with Gasteiger partial charge in [-0.15, -0.1) is 0 Å². The van der Waals surface area contributed by atoms with Crippen LogP contribution in [0, 0.1) is 10.1 Å². The fraction of sp³-hybridized carbons (Fsp3) is 0.692. The molecule has 0 radical (unpaired) electrons. The molecular weight excluding hydrogens is 542 g/mol. The van der Waals surface area contributed by atoms with Gasteiger partial charge in [0.15, 0.2) is 0 Å². The first kappa shape index (κ1) is 33.8. The fourth-order valence-corrected chi connectivity index (χ4v) is 5.10. The summed E-state index contributed by atoms with van der Waals surface area (Å²) in [6.45, 7) is 2.67. The molecule has 1 heterocycles. The molecule has 0 saturated carbocycles. The second kappa shape index (κ2) is 16.1. The molecule has 41 heavy (non-hydrogen) atoms. The summed E-state index contributed by atoms with van der Waals surface area (Å²) < 4.78 is 0. The summed E-state index contributed by atoms with van der Waals surface area (Å²) in [6.07, 6.45) is 7.23. The van der Waals surface area contributed by atoms with Crippen molar-refractivity contribution >= 4 is 23.9 Å². The van der Waals surface area contributed by atoms with Gasteiger partial charge in [-0.25, -0.2) is 0 Å². The molecule has 230 valence electrons. The molecule has 0 bridgehead atoms. The molecule has 2 unspecified atom stereocenters. The molecule has 0 amide bonds. The Morgan fingerprint density at radius 1 is 0.927 bits per heavy atom. The Kier molecular flexibility index (Phi) is 13.3. The number of hydrogen-bond donors (Lipinski definition) is 4. The van der Waals surface area contributed by atoms with Gasteiger partial charge in [-0.1, -0.05) is 17.7 Å². The molecule has 0 aromatic heterocycles. The number of allylic oxidation sites excluding steroid dienone is 2. The van der Waals surface area contributed by atoms with E-state index in [9.17, 15) is 49.7 Å². The maximum absolute atomic E-state index is 11.5. The Morgan fingerprint density at radius 3 is 1.85 bits per heavy atom. The molecule has 1 aliphatic carbocycles. The van der Waals surface area contributed by atoms with Crippen molar-refractivity contribution in [1.82, 2.24) is 19.6 Å². The van der Waals surface area contributed by atoms with Crippen LogP contribution in [0.1, 0.15) is 32.6 Å². The molecule has 2 aliphatic rings. The van der Waals surface area contributed by atoms with Crippen LogP contribution < -0.4 is 0 Å². The summed E-state index contributed by atoms with van der Waals surface area (Å²) in [5.74, 6) is -4.34. The number of carbonyl (C=O) groups is 4. The van der Waals surface area contributed by atoms with Crippen LogP contribution in [0.3, 0.4) is 0 Å². The SMILES string of the molecule is CC1([N+](=O)[O-])C=CC(CCCC(CN(CC(=O)O)CC(=O)O)N2CCN(CC(=O)O)CCN(CC(=O)O)CC2)=CC1. The van der Waals surface area contributed by atoms with Crippen molar-refractivity contribution in [2.45, 2.75) is 44.2 Å². The fourth-order valence-electron chi connectivity index (χ4n) is 5.10. The van der Waals surface area contributed by atoms with Gasteiger partial charge in [0.1, 0.15) is 0 Å². The van der Waals surface area contributed by atoms with Gasteiger partial charge in [0, 0.05) is 70.1 Å². The van der Waals surface area contributed by atoms with E-state index < -0.39 is 42.5 Å². The Hall–Kier alpha value is -3.40. The van der Waals surface area contributed by atoms with Gasteiger partial charge in [-0.05, 0) is 25.3 Å². The van der Waals surface area contributed by atoms with E-state index in [2.05, 4.69) is 4.90 Å². The second-order valence-corrected chi connectivity index (χ2v) is 10.8. The Balaban J connectivity index is 2.23. The number of rotatable bonds is 16. The molecule has 1 saturated heterocycles. The molecule has 2 rings (SSSR count). The maximum Gasteiger partial charge on any atom is 0.317 e. The lowest BCUT2D eigenvalue weighted by atomic mass is 9.89. The summed E-state index contributed by atoms with van der Waals surface area (Å²) in [4.78, 5) is 63.6. The minimum absolute atomic E-state index is 0.130. The number of carboxylic acid groups (broad SMARTS) is 4. The lowest BCUT2D eigenvalue weighted by Gasteiger charge is -2.36. The van der Waals surface area contributed by atoms with Crippen molar-refractivity contribution < 1.29 is 44.5 Å². The predicted molar refractivity (Wildman–Crippen MR) is 146 cm³/mol. The van der Waals surface area contributed by atoms with E-state index in [0.29, 0.717) is 58.5 Å². The van der Waals surface area contributed by atoms with Crippen molar-refractivity contribution in [3.63, 3.8) is 0 Å². The zero-order chi connectivity index (χ0) is 30.6. The average molecular weight is 584 g/mol. The van der Waals surface area contributed by atoms with Crippen LogP contribution >= 0.6 is 0 Å². The van der Waals surface area contributed by atoms with Gasteiger partial charge in [0.2, 0.25) is 5.54 Å². The third-order valence-corrected chi connectivity index (χ3v) is 7.41. The highest BCUT2D eigenvalue weighted by molar-refractivity contribution is 5.72. The summed E-state index contributed by atoms with van der Waals surface area (Å²) >= 11 is 0. The lowest BCUT2D eigenvalue weighted by molar-refractivity contribution is -0.549. The average Bonchev–Trinajstić information content (AvgIpc) is 2.94. The number of nitrogens with zero attached hydrogens (tertiary/aromatic N) is 5. The number of aliphatic carboxylic acids is 4. The normalized spacial score (nSPS) is 21.9. The molecule has 15 heteroatoms. The quantitative estimate of drug-likeness (QED) is 0.140. The van der Waals surface area contributed by atoms with E-state index in [1.165, 1.54) is 4.90 Å². The van der Waals surface area contributed by atoms with Gasteiger partial charge in [0.05, 0.1) is 26.2 Å². The molecule has 1 aliphatic heterocycles. The highest BCUT2D eigenvalue weighted by Gasteiger charge is 2.34. The van der Waals surface area contributed by atoms with Crippen molar-refractivity contribution in [1.29, 1.82) is 0 Å². The van der Waals surface area contributed by atoms with Gasteiger partial charge < -0.3 is 20.4 Å². The van der Waals surface area contributed by atoms with E-state index in [1.54, 1.807) is 28.9 Å². The molecular formula is C26H41N5O10. The van der Waals surface area contributed by atoms with Crippen LogP contribution in [-0.4, -0.2) is 152 Å². The van der Waals surface area contributed by atoms with Gasteiger partial charge in [-0.2, -0.15) is 0 Å². The van der Waals surface area contributed by atoms with Crippen molar-refractivity contribution in [3.8, 4) is 0 Å². The zero-order valence-electron chi connectivity index (χ0n) is 23.4. The third kappa shape index (κ3) is 12.3. The zero-order valence-corrected chi connectivity index (χ0v) is 23.4. The smallest absolute Gasteiger partial charge is 0.317 e. The highest BCUT2D eigenvalue weighted by Crippen LogP contribution is 2.26. The van der Waals surface area contributed by atoms with Gasteiger partial charge >= 0.3 is 23.9 Å². The summed E-state index contributed by atoms with van der Waals surface area (Å²) in [5, 5.41) is 48.7. The summed E-state index contributed by atoms with van der Waals surface area (Å²) in [5.41, 5.74) is -0.201. The maximum atomic E-state index is 11.5. The van der Waals surface area contributed by atoms with Crippen LogP contribution in [0.15, 0.2) is 23.8 Å². The molecule has 1 fully saturated rings. The third-order valence-electron chi connectivity index (χ3n) is 7.41. The van der Waals surface area contributed by atoms with Crippen LogP contribution in [0.25, 0.3) is 0 Å². The predicted octanol–water partition coefficient (Wildman–Crippen LogP) is 0.00700. The van der Waals surface area contributed by atoms with E-state index in [4.69, 9.17) is 0 Å². The number of hydrogen-bond acceptors (Lipinski definition) is 10. The van der Waals surface area contributed by atoms with Crippen molar-refractivity contribution in [3.05, 3.63) is 33.9 Å². The lowest BCUT2D eigenvalue weighted by Crippen LogP contribution is -2.50. The molecule has 0 aromatic carbocycles. The molecule has 0 aromatic rings. The van der Waals surface area contributed by atoms with E-state index >= 15 is 0 Å². The molecule has 2 atom stereocenters. The van der Waals surface area contributed by atoms with Crippen molar-refractivity contribution in [2.75, 3.05) is 72.0 Å². The monoisotopic (exact) mass is 583 g/mol. The first-order valence-corrected chi connectivity index (χ1v) is 13.6. The first-order valence-electron chi connectivity index (χ1n) is 13.6. The van der Waals surface area contributed by atoms with Crippen LogP contribution in [0.4, 0.5) is 0 Å². The van der Waals surface area contributed by atoms with Gasteiger partial charge in [0.25, 0.3) is 0 Å². The van der Waals surface area contributed by atoms with Crippen molar-refractivity contribution in [2.24, 2.45) is 0 Å². The minimum atomic E-state index is -1.17. The highest BCUT2D eigenvalue weighted by atomic mass is 16.6. The Labute approximate surface area is 238 Å². The number of nitro groups is 1. The summed E-state index contributed by atoms with van der Waals surface area (Å²) in [6, 6.07) is -0.303. The van der Waals surface area contributed by atoms with E-state index in [1.807, 2.05) is 6.08 Å². The van der Waals surface area contributed by atoms with Crippen LogP contribution in [0.2, 0.25) is 0 Å². The van der Waals surface area contributed by atoms with E-state index in [0.717, 1.165) is 5.57 Å². The molecule has 15 nitrogen and oxygen atoms in total. The van der Waals surface area contributed by atoms with E-state index in [-0.39, 0.29) is 37.0 Å². The number of carboxylic acids is 4. The first-order chi connectivity index (χ1) is 19.3. The van der Waals surface area contributed by atoms with Gasteiger partial charge in [-0.3, -0.25) is 48.9 Å². The Morgan fingerprint density at radius 2 is 1.44 bits per heavy atom. The largest absolute Gasteiger partial charge is 0.480 e. The molecule has 4 N–H and O–H groups in total. The Bertz CT molecular complexity index is 975. The van der Waals surface area contributed by atoms with Crippen LogP contribution in [0.5, 0.6) is 0 Å². The second-order valence-electron chi connectivity index (χ2n) is 10.8. The standard InChI is InChI=1S/C26H41N5O10/c1-26(31(40)41)7-5-20(6-8-26)3-2-4-21(15-29(18-24(36)37)19-25(38)39)30-13-11-27(16-22(32)33)9-10-28(12-14-30)17-23(34)35/h5-7,21H,2-4,8-19H2,1H3,(H,32,33)(H,34,35)(H,36,37)(H,38,39). The molecule has 0 spiro atoms. The summed E-state index contributed by atoms with van der Waals surface area (Å²) in [7, 11) is 0. The van der Waals surface area contributed by atoms with Crippen LogP contribution in [-0.2, 0) is 19.2 Å².